The maximum absolute atomic E-state index is 11.1. The maximum Gasteiger partial charge on any atom is 0.277 e. The molecule has 21 heavy (non-hydrogen) atoms. The van der Waals surface area contributed by atoms with E-state index in [9.17, 15) is 10.1 Å². The Morgan fingerprint density at radius 1 is 1.29 bits per heavy atom. The first-order chi connectivity index (χ1) is 10.0. The molecule has 0 unspecified atom stereocenters. The molecule has 6 heteroatoms. The van der Waals surface area contributed by atoms with E-state index < -0.39 is 10.5 Å². The lowest BCUT2D eigenvalue weighted by Gasteiger charge is -2.26. The fraction of sp³-hybridized carbons (Fsp3) is 0.400. The van der Waals surface area contributed by atoms with Gasteiger partial charge < -0.3 is 10.5 Å². The standard InChI is InChI=1S/C15H19N3O3/c1-3-15(16,4-2)10-21-14-6-5-13(18(19)20)11-7-8-17-9-12(11)14/h5-9H,3-4,10,16H2,1-2H3. The normalized spacial score (nSPS) is 11.6. The summed E-state index contributed by atoms with van der Waals surface area (Å²) in [6.07, 6.45) is 4.71. The number of pyridine rings is 1. The number of hydrogen-bond donors (Lipinski definition) is 1. The molecule has 112 valence electrons. The van der Waals surface area contributed by atoms with E-state index >= 15 is 0 Å². The third kappa shape index (κ3) is 3.11. The van der Waals surface area contributed by atoms with Crippen LogP contribution in [0.4, 0.5) is 5.69 Å². The van der Waals surface area contributed by atoms with Crippen LogP contribution in [0.5, 0.6) is 5.75 Å². The van der Waals surface area contributed by atoms with Crippen molar-refractivity contribution in [3.63, 3.8) is 0 Å². The number of fused-ring (bicyclic) bond motifs is 1. The summed E-state index contributed by atoms with van der Waals surface area (Å²) in [6.45, 7) is 4.40. The van der Waals surface area contributed by atoms with Gasteiger partial charge in [-0.1, -0.05) is 13.8 Å². The molecular formula is C15H19N3O3. The molecule has 0 spiro atoms. The fourth-order valence-corrected chi connectivity index (χ4v) is 2.11. The van der Waals surface area contributed by atoms with E-state index in [1.807, 2.05) is 13.8 Å². The summed E-state index contributed by atoms with van der Waals surface area (Å²) in [5.74, 6) is 0.570. The summed E-state index contributed by atoms with van der Waals surface area (Å²) in [4.78, 5) is 14.7. The molecule has 1 heterocycles. The largest absolute Gasteiger partial charge is 0.491 e. The molecule has 0 aliphatic carbocycles. The topological polar surface area (TPSA) is 91.3 Å². The van der Waals surface area contributed by atoms with Crippen molar-refractivity contribution in [2.45, 2.75) is 32.2 Å². The molecule has 0 radical (unpaired) electrons. The fourth-order valence-electron chi connectivity index (χ4n) is 2.11. The number of nitrogens with two attached hydrogens (primary N) is 1. The molecule has 2 aromatic rings. The van der Waals surface area contributed by atoms with Gasteiger partial charge in [-0.2, -0.15) is 0 Å². The van der Waals surface area contributed by atoms with Gasteiger partial charge in [-0.3, -0.25) is 15.1 Å². The zero-order chi connectivity index (χ0) is 15.5. The van der Waals surface area contributed by atoms with Crippen molar-refractivity contribution in [1.29, 1.82) is 0 Å². The van der Waals surface area contributed by atoms with Gasteiger partial charge in [0.1, 0.15) is 12.4 Å². The van der Waals surface area contributed by atoms with Crippen LogP contribution in [-0.4, -0.2) is 22.1 Å². The second-order valence-corrected chi connectivity index (χ2v) is 5.12. The van der Waals surface area contributed by atoms with Crippen molar-refractivity contribution in [2.24, 2.45) is 5.73 Å². The summed E-state index contributed by atoms with van der Waals surface area (Å²) in [6, 6.07) is 4.68. The quantitative estimate of drug-likeness (QED) is 0.652. The first-order valence-electron chi connectivity index (χ1n) is 6.93. The molecule has 0 amide bonds. The van der Waals surface area contributed by atoms with E-state index in [1.165, 1.54) is 12.3 Å². The minimum atomic E-state index is -0.405. The van der Waals surface area contributed by atoms with Crippen LogP contribution in [0.2, 0.25) is 0 Å². The van der Waals surface area contributed by atoms with Gasteiger partial charge >= 0.3 is 0 Å². The Bertz CT molecular complexity index is 654. The van der Waals surface area contributed by atoms with E-state index in [0.29, 0.717) is 23.1 Å². The summed E-state index contributed by atoms with van der Waals surface area (Å²) in [7, 11) is 0. The number of ether oxygens (including phenoxy) is 1. The number of hydrogen-bond acceptors (Lipinski definition) is 5. The average molecular weight is 289 g/mol. The van der Waals surface area contributed by atoms with Crippen LogP contribution in [0.15, 0.2) is 30.6 Å². The van der Waals surface area contributed by atoms with Gasteiger partial charge in [0.15, 0.2) is 0 Å². The lowest BCUT2D eigenvalue weighted by atomic mass is 9.95. The Kier molecular flexibility index (Phi) is 4.37. The highest BCUT2D eigenvalue weighted by molar-refractivity contribution is 5.94. The van der Waals surface area contributed by atoms with Crippen LogP contribution in [0.1, 0.15) is 26.7 Å². The average Bonchev–Trinajstić information content (AvgIpc) is 2.52. The van der Waals surface area contributed by atoms with Gasteiger partial charge in [-0.15, -0.1) is 0 Å². The van der Waals surface area contributed by atoms with Gasteiger partial charge in [0, 0.05) is 29.4 Å². The molecule has 0 saturated carbocycles. The molecule has 0 aliphatic rings. The number of rotatable bonds is 6. The van der Waals surface area contributed by atoms with E-state index in [1.54, 1.807) is 18.3 Å². The highest BCUT2D eigenvalue weighted by Crippen LogP contribution is 2.32. The highest BCUT2D eigenvalue weighted by Gasteiger charge is 2.22. The summed E-state index contributed by atoms with van der Waals surface area (Å²) in [5.41, 5.74) is 5.87. The molecule has 0 aliphatic heterocycles. The minimum Gasteiger partial charge on any atom is -0.491 e. The Labute approximate surface area is 123 Å². The van der Waals surface area contributed by atoms with Crippen molar-refractivity contribution >= 4 is 16.5 Å². The third-order valence-corrected chi connectivity index (χ3v) is 3.88. The molecule has 1 aromatic heterocycles. The second kappa shape index (κ2) is 6.05. The number of nitro benzene ring substituents is 1. The third-order valence-electron chi connectivity index (χ3n) is 3.88. The Hall–Kier alpha value is -2.21. The molecule has 0 saturated heterocycles. The van der Waals surface area contributed by atoms with Crippen molar-refractivity contribution in [3.05, 3.63) is 40.7 Å². The van der Waals surface area contributed by atoms with E-state index in [-0.39, 0.29) is 5.69 Å². The van der Waals surface area contributed by atoms with Crippen molar-refractivity contribution in [3.8, 4) is 5.75 Å². The van der Waals surface area contributed by atoms with Crippen LogP contribution in [0.25, 0.3) is 10.8 Å². The predicted octanol–water partition coefficient (Wildman–Crippen LogP) is 3.04. The molecule has 2 rings (SSSR count). The summed E-state index contributed by atoms with van der Waals surface area (Å²) >= 11 is 0. The highest BCUT2D eigenvalue weighted by atomic mass is 16.6. The zero-order valence-corrected chi connectivity index (χ0v) is 12.2. The molecule has 0 atom stereocenters. The van der Waals surface area contributed by atoms with Crippen molar-refractivity contribution in [2.75, 3.05) is 6.61 Å². The lowest BCUT2D eigenvalue weighted by Crippen LogP contribution is -2.44. The number of non-ortho nitro benzene ring substituents is 1. The van der Waals surface area contributed by atoms with Crippen LogP contribution < -0.4 is 10.5 Å². The first kappa shape index (κ1) is 15.2. The second-order valence-electron chi connectivity index (χ2n) is 5.12. The monoisotopic (exact) mass is 289 g/mol. The predicted molar refractivity (Wildman–Crippen MR) is 81.4 cm³/mol. The number of nitrogens with zero attached hydrogens (tertiary/aromatic N) is 2. The number of aromatic nitrogens is 1. The Morgan fingerprint density at radius 2 is 2.00 bits per heavy atom. The van der Waals surface area contributed by atoms with Gasteiger partial charge in [0.2, 0.25) is 0 Å². The van der Waals surface area contributed by atoms with E-state index in [2.05, 4.69) is 4.98 Å². The first-order valence-corrected chi connectivity index (χ1v) is 6.93. The van der Waals surface area contributed by atoms with Gasteiger partial charge in [-0.25, -0.2) is 0 Å². The molecule has 0 bridgehead atoms. The zero-order valence-electron chi connectivity index (χ0n) is 12.2. The van der Waals surface area contributed by atoms with Crippen LogP contribution in [-0.2, 0) is 0 Å². The minimum absolute atomic E-state index is 0.0461. The van der Waals surface area contributed by atoms with Crippen molar-refractivity contribution in [1.82, 2.24) is 4.98 Å². The summed E-state index contributed by atoms with van der Waals surface area (Å²) < 4.78 is 5.81. The smallest absolute Gasteiger partial charge is 0.277 e. The molecule has 0 fully saturated rings. The van der Waals surface area contributed by atoms with Crippen LogP contribution >= 0.6 is 0 Å². The number of nitro groups is 1. The van der Waals surface area contributed by atoms with E-state index in [0.717, 1.165) is 12.8 Å². The van der Waals surface area contributed by atoms with Crippen molar-refractivity contribution < 1.29 is 9.66 Å². The molecule has 1 aromatic carbocycles. The van der Waals surface area contributed by atoms with E-state index in [4.69, 9.17) is 10.5 Å². The van der Waals surface area contributed by atoms with Gasteiger partial charge in [0.25, 0.3) is 5.69 Å². The lowest BCUT2D eigenvalue weighted by molar-refractivity contribution is -0.383. The molecule has 2 N–H and O–H groups in total. The Balaban J connectivity index is 2.38. The number of benzene rings is 1. The van der Waals surface area contributed by atoms with Crippen LogP contribution in [0, 0.1) is 10.1 Å². The summed E-state index contributed by atoms with van der Waals surface area (Å²) in [5, 5.41) is 12.2. The molecular weight excluding hydrogens is 270 g/mol. The Morgan fingerprint density at radius 3 is 2.62 bits per heavy atom. The van der Waals surface area contributed by atoms with Crippen LogP contribution in [0.3, 0.4) is 0 Å². The maximum atomic E-state index is 11.1. The molecule has 6 nitrogen and oxygen atoms in total. The SMILES string of the molecule is CCC(N)(CC)COc1ccc([N+](=O)[O-])c2ccncc12. The van der Waals surface area contributed by atoms with Gasteiger partial charge in [-0.05, 0) is 25.0 Å². The van der Waals surface area contributed by atoms with Gasteiger partial charge in [0.05, 0.1) is 10.3 Å².